The summed E-state index contributed by atoms with van der Waals surface area (Å²) in [7, 11) is 9.04. The van der Waals surface area contributed by atoms with Crippen molar-refractivity contribution in [3.63, 3.8) is 0 Å². The van der Waals surface area contributed by atoms with Crippen LogP contribution in [0.2, 0.25) is 0 Å². The van der Waals surface area contributed by atoms with Crippen LogP contribution < -0.4 is 34.0 Å². The number of hydrogen-bond donors (Lipinski definition) is 0. The SMILES string of the molecule is COc1cc(-c2nc3c(c(C)nc4c3nnn4-c3cc(OC)c(OC)c(OC)c3)c(=O)o2)cc(OC)c1OC. The van der Waals surface area contributed by atoms with E-state index < -0.39 is 5.63 Å². The molecule has 0 atom stereocenters. The van der Waals surface area contributed by atoms with Crippen molar-refractivity contribution in [2.45, 2.75) is 6.92 Å². The van der Waals surface area contributed by atoms with Gasteiger partial charge in [-0.2, -0.15) is 4.68 Å². The summed E-state index contributed by atoms with van der Waals surface area (Å²) < 4.78 is 39.7. The summed E-state index contributed by atoms with van der Waals surface area (Å²) in [5, 5.41) is 8.80. The van der Waals surface area contributed by atoms with Gasteiger partial charge in [0.15, 0.2) is 34.2 Å². The second-order valence-electron chi connectivity index (χ2n) is 8.20. The minimum Gasteiger partial charge on any atom is -0.493 e. The predicted octanol–water partition coefficient (Wildman–Crippen LogP) is 3.34. The topological polar surface area (TPSA) is 142 Å². The first-order valence-electron chi connectivity index (χ1n) is 11.6. The van der Waals surface area contributed by atoms with Crippen LogP contribution in [0.5, 0.6) is 34.5 Å². The number of aromatic nitrogens is 5. The third kappa shape index (κ3) is 4.07. The van der Waals surface area contributed by atoms with E-state index in [2.05, 4.69) is 20.3 Å². The number of hydrogen-bond acceptors (Lipinski definition) is 12. The summed E-state index contributed by atoms with van der Waals surface area (Å²) in [6.07, 6.45) is 0. The molecule has 0 aliphatic heterocycles. The van der Waals surface area contributed by atoms with E-state index in [9.17, 15) is 4.79 Å². The van der Waals surface area contributed by atoms with Gasteiger partial charge in [0.1, 0.15) is 10.9 Å². The lowest BCUT2D eigenvalue weighted by molar-refractivity contribution is 0.324. The quantitative estimate of drug-likeness (QED) is 0.287. The summed E-state index contributed by atoms with van der Waals surface area (Å²) in [6.45, 7) is 1.69. The molecule has 3 aromatic heterocycles. The van der Waals surface area contributed by atoms with Gasteiger partial charge in [-0.15, -0.1) is 5.10 Å². The van der Waals surface area contributed by atoms with Crippen molar-refractivity contribution < 1.29 is 32.8 Å². The Bertz CT molecular complexity index is 1730. The minimum absolute atomic E-state index is 0.0287. The molecule has 0 spiro atoms. The second-order valence-corrected chi connectivity index (χ2v) is 8.20. The first-order valence-corrected chi connectivity index (χ1v) is 11.6. The van der Waals surface area contributed by atoms with Crippen molar-refractivity contribution >= 4 is 22.1 Å². The normalized spacial score (nSPS) is 11.1. The van der Waals surface area contributed by atoms with E-state index in [0.717, 1.165) is 0 Å². The van der Waals surface area contributed by atoms with E-state index in [1.165, 1.54) is 47.3 Å². The molecule has 13 heteroatoms. The van der Waals surface area contributed by atoms with Gasteiger partial charge in [0.25, 0.3) is 0 Å². The van der Waals surface area contributed by atoms with Crippen LogP contribution in [-0.4, -0.2) is 67.6 Å². The smallest absolute Gasteiger partial charge is 0.349 e. The number of benzene rings is 2. The van der Waals surface area contributed by atoms with Crippen LogP contribution in [0.15, 0.2) is 33.5 Å². The Morgan fingerprint density at radius 1 is 0.718 bits per heavy atom. The van der Waals surface area contributed by atoms with Crippen LogP contribution in [0.25, 0.3) is 39.2 Å². The summed E-state index contributed by atoms with van der Waals surface area (Å²) in [5.41, 5.74) is 1.68. The molecule has 5 rings (SSSR count). The van der Waals surface area contributed by atoms with Crippen molar-refractivity contribution in [3.05, 3.63) is 40.4 Å². The molecular formula is C26H25N5O8. The molecule has 5 aromatic rings. The van der Waals surface area contributed by atoms with Gasteiger partial charge in [0.05, 0.1) is 54.0 Å². The number of aryl methyl sites for hydroxylation is 1. The lowest BCUT2D eigenvalue weighted by Crippen LogP contribution is -2.08. The molecular weight excluding hydrogens is 510 g/mol. The first kappa shape index (κ1) is 25.6. The Labute approximate surface area is 221 Å². The van der Waals surface area contributed by atoms with E-state index in [1.807, 2.05) is 0 Å². The molecule has 0 aliphatic rings. The van der Waals surface area contributed by atoms with Crippen LogP contribution in [0.4, 0.5) is 0 Å². The number of pyridine rings is 1. The van der Waals surface area contributed by atoms with Crippen molar-refractivity contribution in [2.24, 2.45) is 0 Å². The summed E-state index contributed by atoms with van der Waals surface area (Å²) in [6, 6.07) is 6.70. The van der Waals surface area contributed by atoms with E-state index in [4.69, 9.17) is 32.8 Å². The Hall–Kier alpha value is -5.07. The maximum absolute atomic E-state index is 13.1. The molecule has 0 radical (unpaired) electrons. The van der Waals surface area contributed by atoms with Gasteiger partial charge >= 0.3 is 5.63 Å². The lowest BCUT2D eigenvalue weighted by Gasteiger charge is -2.14. The van der Waals surface area contributed by atoms with E-state index in [-0.39, 0.29) is 16.8 Å². The highest BCUT2D eigenvalue weighted by Crippen LogP contribution is 2.42. The minimum atomic E-state index is -0.627. The second kappa shape index (κ2) is 10.0. The van der Waals surface area contributed by atoms with Gasteiger partial charge in [-0.3, -0.25) is 0 Å². The van der Waals surface area contributed by atoms with Gasteiger partial charge in [-0.05, 0) is 19.1 Å². The van der Waals surface area contributed by atoms with E-state index in [1.54, 1.807) is 31.2 Å². The fourth-order valence-electron chi connectivity index (χ4n) is 4.34. The van der Waals surface area contributed by atoms with Gasteiger partial charge in [-0.1, -0.05) is 5.21 Å². The highest BCUT2D eigenvalue weighted by atomic mass is 16.5. The lowest BCUT2D eigenvalue weighted by atomic mass is 10.1. The van der Waals surface area contributed by atoms with Gasteiger partial charge in [0.2, 0.25) is 17.4 Å². The standard InChI is InChI=1S/C26H25N5O8/c1-12-19-20(28-25(39-26(19)32)13-8-15(33-2)22(37-6)16(9-13)34-3)21-24(27-12)31(30-29-21)14-10-17(35-4)23(38-7)18(11-14)36-5/h8-11H,1-7H3. The number of nitrogens with zero attached hydrogens (tertiary/aromatic N) is 5. The van der Waals surface area contributed by atoms with Gasteiger partial charge in [0, 0.05) is 17.7 Å². The number of fused-ring (bicyclic) bond motifs is 3. The zero-order valence-corrected chi connectivity index (χ0v) is 22.3. The van der Waals surface area contributed by atoms with Crippen molar-refractivity contribution in [2.75, 3.05) is 42.7 Å². The van der Waals surface area contributed by atoms with Crippen LogP contribution in [0.3, 0.4) is 0 Å². The average molecular weight is 536 g/mol. The summed E-state index contributed by atoms with van der Waals surface area (Å²) >= 11 is 0. The largest absolute Gasteiger partial charge is 0.493 e. The molecule has 39 heavy (non-hydrogen) atoms. The average Bonchev–Trinajstić information content (AvgIpc) is 3.38. The molecule has 0 N–H and O–H groups in total. The monoisotopic (exact) mass is 535 g/mol. The molecule has 2 aromatic carbocycles. The van der Waals surface area contributed by atoms with E-state index >= 15 is 0 Å². The van der Waals surface area contributed by atoms with Crippen LogP contribution in [0.1, 0.15) is 5.69 Å². The number of rotatable bonds is 8. The highest BCUT2D eigenvalue weighted by Gasteiger charge is 2.23. The molecule has 0 bridgehead atoms. The molecule has 3 heterocycles. The Morgan fingerprint density at radius 3 is 1.77 bits per heavy atom. The van der Waals surface area contributed by atoms with Crippen LogP contribution in [0, 0.1) is 6.92 Å². The zero-order chi connectivity index (χ0) is 27.8. The van der Waals surface area contributed by atoms with E-state index in [0.29, 0.717) is 62.6 Å². The fourth-order valence-corrected chi connectivity index (χ4v) is 4.34. The fraction of sp³-hybridized carbons (Fsp3) is 0.269. The molecule has 0 unspecified atom stereocenters. The molecule has 0 fully saturated rings. The van der Waals surface area contributed by atoms with Crippen molar-refractivity contribution in [1.82, 2.24) is 25.0 Å². The molecule has 202 valence electrons. The van der Waals surface area contributed by atoms with Gasteiger partial charge in [-0.25, -0.2) is 14.8 Å². The third-order valence-electron chi connectivity index (χ3n) is 6.16. The summed E-state index contributed by atoms with van der Waals surface area (Å²) in [5.74, 6) is 2.45. The van der Waals surface area contributed by atoms with Crippen LogP contribution >= 0.6 is 0 Å². The number of methoxy groups -OCH3 is 6. The van der Waals surface area contributed by atoms with Crippen LogP contribution in [-0.2, 0) is 0 Å². The first-order chi connectivity index (χ1) is 18.9. The Balaban J connectivity index is 1.77. The van der Waals surface area contributed by atoms with Crippen molar-refractivity contribution in [3.8, 4) is 51.6 Å². The van der Waals surface area contributed by atoms with Crippen molar-refractivity contribution in [1.29, 1.82) is 0 Å². The predicted molar refractivity (Wildman–Crippen MR) is 140 cm³/mol. The summed E-state index contributed by atoms with van der Waals surface area (Å²) in [4.78, 5) is 22.4. The molecule has 0 amide bonds. The molecule has 0 saturated heterocycles. The highest BCUT2D eigenvalue weighted by molar-refractivity contribution is 6.00. The molecule has 0 saturated carbocycles. The molecule has 13 nitrogen and oxygen atoms in total. The molecule has 0 aliphatic carbocycles. The zero-order valence-electron chi connectivity index (χ0n) is 22.3. The maximum Gasteiger partial charge on any atom is 0.349 e. The Morgan fingerprint density at radius 2 is 1.26 bits per heavy atom. The maximum atomic E-state index is 13.1. The third-order valence-corrected chi connectivity index (χ3v) is 6.16. The van der Waals surface area contributed by atoms with Gasteiger partial charge < -0.3 is 32.8 Å². The number of ether oxygens (including phenoxy) is 6. The Kier molecular flexibility index (Phi) is 6.56.